The van der Waals surface area contributed by atoms with Gasteiger partial charge in [0.2, 0.25) is 0 Å². The number of thioether (sulfide) groups is 1. The van der Waals surface area contributed by atoms with Gasteiger partial charge in [-0.1, -0.05) is 23.1 Å². The largest absolute Gasteiger partial charge is 0.469 e. The highest BCUT2D eigenvalue weighted by molar-refractivity contribution is 7.98. The summed E-state index contributed by atoms with van der Waals surface area (Å²) < 4.78 is 42.6. The number of ether oxygens (including phenoxy) is 1. The first-order valence-electron chi connectivity index (χ1n) is 5.47. The van der Waals surface area contributed by atoms with Gasteiger partial charge in [-0.2, -0.15) is 13.2 Å². The van der Waals surface area contributed by atoms with Crippen molar-refractivity contribution in [3.63, 3.8) is 0 Å². The minimum atomic E-state index is -4.47. The van der Waals surface area contributed by atoms with Gasteiger partial charge >= 0.3 is 6.18 Å². The third kappa shape index (κ3) is 4.04. The van der Waals surface area contributed by atoms with Crippen LogP contribution >= 0.6 is 23.1 Å². The Morgan fingerprint density at radius 1 is 1.35 bits per heavy atom. The van der Waals surface area contributed by atoms with Crippen LogP contribution in [0.4, 0.5) is 13.2 Å². The van der Waals surface area contributed by atoms with Crippen molar-refractivity contribution in [3.05, 3.63) is 23.0 Å². The number of alkyl halides is 3. The molecule has 2 rings (SSSR count). The maximum atomic E-state index is 12.5. The van der Waals surface area contributed by atoms with Gasteiger partial charge in [0.25, 0.3) is 5.19 Å². The summed E-state index contributed by atoms with van der Waals surface area (Å²) in [6, 6.07) is 0.836. The molecule has 10 heteroatoms. The average Bonchev–Trinajstić information content (AvgIpc) is 2.84. The van der Waals surface area contributed by atoms with Gasteiger partial charge in [-0.05, 0) is 13.0 Å². The van der Waals surface area contributed by atoms with Crippen molar-refractivity contribution in [3.8, 4) is 5.19 Å². The molecule has 0 bridgehead atoms. The fraction of sp³-hybridized carbons (Fsp3) is 0.400. The smallest absolute Gasteiger partial charge is 0.433 e. The molecule has 0 saturated carbocycles. The fourth-order valence-corrected chi connectivity index (χ4v) is 2.74. The van der Waals surface area contributed by atoms with E-state index in [4.69, 9.17) is 4.74 Å². The van der Waals surface area contributed by atoms with Crippen LogP contribution in [-0.4, -0.2) is 26.8 Å². The predicted octanol–water partition coefficient (Wildman–Crippen LogP) is 3.04. The zero-order valence-corrected chi connectivity index (χ0v) is 11.8. The van der Waals surface area contributed by atoms with Crippen molar-refractivity contribution in [2.24, 2.45) is 0 Å². The number of hydrogen-bond donors (Lipinski definition) is 0. The normalized spacial score (nSPS) is 11.6. The molecule has 2 heterocycles. The van der Waals surface area contributed by atoms with E-state index in [2.05, 4.69) is 20.2 Å². The summed E-state index contributed by atoms with van der Waals surface area (Å²) in [5.74, 6) is 0.339. The van der Waals surface area contributed by atoms with Crippen molar-refractivity contribution in [1.29, 1.82) is 0 Å². The lowest BCUT2D eigenvalue weighted by molar-refractivity contribution is -0.141. The molecule has 108 valence electrons. The van der Waals surface area contributed by atoms with Crippen LogP contribution in [0.15, 0.2) is 17.4 Å². The number of nitrogens with zero attached hydrogens (tertiary/aromatic N) is 4. The Hall–Kier alpha value is -1.42. The van der Waals surface area contributed by atoms with Crippen molar-refractivity contribution >= 4 is 23.1 Å². The molecule has 5 nitrogen and oxygen atoms in total. The van der Waals surface area contributed by atoms with Crippen LogP contribution in [-0.2, 0) is 11.9 Å². The van der Waals surface area contributed by atoms with Gasteiger partial charge in [0.1, 0.15) is 10.7 Å². The zero-order valence-electron chi connectivity index (χ0n) is 10.2. The quantitative estimate of drug-likeness (QED) is 0.623. The summed E-state index contributed by atoms with van der Waals surface area (Å²) in [6.45, 7) is 2.31. The van der Waals surface area contributed by atoms with Gasteiger partial charge in [-0.3, -0.25) is 0 Å². The second-order valence-corrected chi connectivity index (χ2v) is 5.37. The average molecular weight is 322 g/mol. The molecule has 0 unspecified atom stereocenters. The molecule has 0 aliphatic carbocycles. The van der Waals surface area contributed by atoms with Gasteiger partial charge < -0.3 is 4.74 Å². The van der Waals surface area contributed by atoms with E-state index >= 15 is 0 Å². The Kier molecular flexibility index (Phi) is 4.76. The van der Waals surface area contributed by atoms with Crippen LogP contribution in [0, 0.1) is 0 Å². The highest BCUT2D eigenvalue weighted by atomic mass is 32.2. The minimum absolute atomic E-state index is 0.0491. The molecule has 0 radical (unpaired) electrons. The van der Waals surface area contributed by atoms with Crippen LogP contribution in [0.3, 0.4) is 0 Å². The molecule has 2 aromatic rings. The Balaban J connectivity index is 1.99. The maximum Gasteiger partial charge on any atom is 0.433 e. The van der Waals surface area contributed by atoms with Crippen LogP contribution in [0.25, 0.3) is 0 Å². The van der Waals surface area contributed by atoms with Crippen LogP contribution in [0.2, 0.25) is 0 Å². The summed E-state index contributed by atoms with van der Waals surface area (Å²) in [7, 11) is 0. The number of aromatic nitrogens is 4. The second-order valence-electron chi connectivity index (χ2n) is 3.41. The molecule has 0 N–H and O–H groups in total. The molecule has 0 aromatic carbocycles. The monoisotopic (exact) mass is 322 g/mol. The van der Waals surface area contributed by atoms with Gasteiger partial charge in [0, 0.05) is 6.20 Å². The molecule has 0 spiro atoms. The number of rotatable bonds is 5. The molecule has 20 heavy (non-hydrogen) atoms. The van der Waals surface area contributed by atoms with E-state index in [0.29, 0.717) is 22.6 Å². The van der Waals surface area contributed by atoms with Crippen LogP contribution in [0.5, 0.6) is 5.19 Å². The lowest BCUT2D eigenvalue weighted by atomic mass is 10.4. The molecule has 0 fully saturated rings. The summed E-state index contributed by atoms with van der Waals surface area (Å²) >= 11 is 2.31. The van der Waals surface area contributed by atoms with Crippen molar-refractivity contribution in [2.75, 3.05) is 6.61 Å². The molecule has 0 aliphatic heterocycles. The van der Waals surface area contributed by atoms with Crippen molar-refractivity contribution in [2.45, 2.75) is 24.0 Å². The Bertz CT molecular complexity index is 576. The van der Waals surface area contributed by atoms with E-state index in [9.17, 15) is 13.2 Å². The fourth-order valence-electron chi connectivity index (χ4n) is 1.17. The molecule has 0 saturated heterocycles. The SMILES string of the molecule is CCOc1nnc(CSc2nccc(C(F)(F)F)n2)s1. The Morgan fingerprint density at radius 3 is 2.85 bits per heavy atom. The van der Waals surface area contributed by atoms with E-state index in [1.807, 2.05) is 6.92 Å². The summed E-state index contributed by atoms with van der Waals surface area (Å²) in [5, 5.41) is 8.78. The Labute approximate surface area is 120 Å². The van der Waals surface area contributed by atoms with Crippen LogP contribution < -0.4 is 4.74 Å². The predicted molar refractivity (Wildman–Crippen MR) is 67.7 cm³/mol. The van der Waals surface area contributed by atoms with E-state index in [1.54, 1.807) is 0 Å². The molecule has 0 amide bonds. The number of halogens is 3. The lowest BCUT2D eigenvalue weighted by Gasteiger charge is -2.05. The maximum absolute atomic E-state index is 12.5. The van der Waals surface area contributed by atoms with Gasteiger partial charge in [0.05, 0.1) is 12.4 Å². The second kappa shape index (κ2) is 6.35. The van der Waals surface area contributed by atoms with E-state index in [0.717, 1.165) is 24.0 Å². The summed E-state index contributed by atoms with van der Waals surface area (Å²) in [6.07, 6.45) is -3.38. The summed E-state index contributed by atoms with van der Waals surface area (Å²) in [4.78, 5) is 7.24. The van der Waals surface area contributed by atoms with Gasteiger partial charge in [0.15, 0.2) is 5.16 Å². The van der Waals surface area contributed by atoms with Gasteiger partial charge in [-0.15, -0.1) is 10.2 Å². The number of hydrogen-bond acceptors (Lipinski definition) is 7. The standard InChI is InChI=1S/C10H9F3N4OS2/c1-2-18-9-17-16-7(20-9)5-19-8-14-4-3-6(15-8)10(11,12)13/h3-4H,2,5H2,1H3. The Morgan fingerprint density at radius 2 is 2.15 bits per heavy atom. The van der Waals surface area contributed by atoms with E-state index in [-0.39, 0.29) is 5.16 Å². The molecular weight excluding hydrogens is 313 g/mol. The zero-order chi connectivity index (χ0) is 14.6. The molecule has 0 aliphatic rings. The van der Waals surface area contributed by atoms with E-state index in [1.165, 1.54) is 11.3 Å². The third-order valence-electron chi connectivity index (χ3n) is 1.96. The minimum Gasteiger partial charge on any atom is -0.469 e. The van der Waals surface area contributed by atoms with Crippen molar-refractivity contribution in [1.82, 2.24) is 20.2 Å². The highest BCUT2D eigenvalue weighted by Gasteiger charge is 2.32. The van der Waals surface area contributed by atoms with Crippen LogP contribution in [0.1, 0.15) is 17.6 Å². The summed E-state index contributed by atoms with van der Waals surface area (Å²) in [5.41, 5.74) is -0.956. The highest BCUT2D eigenvalue weighted by Crippen LogP contribution is 2.29. The first-order valence-corrected chi connectivity index (χ1v) is 7.27. The molecular formula is C10H9F3N4OS2. The topological polar surface area (TPSA) is 60.8 Å². The van der Waals surface area contributed by atoms with Crippen molar-refractivity contribution < 1.29 is 17.9 Å². The third-order valence-corrected chi connectivity index (χ3v) is 3.86. The van der Waals surface area contributed by atoms with E-state index < -0.39 is 11.9 Å². The molecule has 2 aromatic heterocycles. The van der Waals surface area contributed by atoms with Gasteiger partial charge in [-0.25, -0.2) is 9.97 Å². The lowest BCUT2D eigenvalue weighted by Crippen LogP contribution is -2.08. The molecule has 0 atom stereocenters. The first-order chi connectivity index (χ1) is 9.49. The first kappa shape index (κ1) is 15.0.